The first kappa shape index (κ1) is 27.3. The zero-order valence-corrected chi connectivity index (χ0v) is 21.9. The Bertz CT molecular complexity index is 972. The summed E-state index contributed by atoms with van der Waals surface area (Å²) in [6, 6.07) is -1.22. The number of likely N-dealkylation sites (tertiary alicyclic amines) is 1. The number of amides is 4. The lowest BCUT2D eigenvalue weighted by atomic mass is 9.79. The van der Waals surface area contributed by atoms with Crippen LogP contribution in [0, 0.1) is 17.2 Å². The molecule has 0 bridgehead atoms. The van der Waals surface area contributed by atoms with Crippen molar-refractivity contribution in [3.8, 4) is 0 Å². The molecule has 194 valence electrons. The Morgan fingerprint density at radius 2 is 2.03 bits per heavy atom. The maximum Gasteiger partial charge on any atom is 0.353 e. The number of carbonyl (C=O) groups is 4. The summed E-state index contributed by atoms with van der Waals surface area (Å²) in [6.07, 6.45) is 0.767. The number of nitrogens with zero attached hydrogens (tertiary/aromatic N) is 3. The highest BCUT2D eigenvalue weighted by Crippen LogP contribution is 2.56. The fourth-order valence-corrected chi connectivity index (χ4v) is 8.32. The van der Waals surface area contributed by atoms with Crippen LogP contribution in [0.15, 0.2) is 10.6 Å². The van der Waals surface area contributed by atoms with Gasteiger partial charge in [0, 0.05) is 42.3 Å². The normalized spacial score (nSPS) is 28.6. The zero-order valence-electron chi connectivity index (χ0n) is 20.3. The van der Waals surface area contributed by atoms with Crippen molar-refractivity contribution in [1.82, 2.24) is 14.7 Å². The van der Waals surface area contributed by atoms with E-state index in [1.165, 1.54) is 35.5 Å². The number of hydrogen-bond donors (Lipinski definition) is 4. The molecule has 0 aromatic rings. The number of aliphatic carboxylic acids is 1. The quantitative estimate of drug-likeness (QED) is 0.150. The van der Waals surface area contributed by atoms with Crippen LogP contribution in [-0.2, 0) is 14.4 Å². The van der Waals surface area contributed by atoms with Crippen molar-refractivity contribution in [3.63, 3.8) is 0 Å². The number of nitrogens with one attached hydrogen (secondary N) is 1. The molecule has 35 heavy (non-hydrogen) atoms. The Kier molecular flexibility index (Phi) is 8.12. The number of β-lactam (4-membered cyclic amide) rings is 1. The van der Waals surface area contributed by atoms with Gasteiger partial charge in [-0.05, 0) is 26.7 Å². The lowest BCUT2D eigenvalue weighted by Gasteiger charge is -2.46. The molecule has 5 N–H and O–H groups in total. The van der Waals surface area contributed by atoms with Crippen molar-refractivity contribution in [2.45, 2.75) is 57.1 Å². The first-order valence-corrected chi connectivity index (χ1v) is 13.4. The van der Waals surface area contributed by atoms with Gasteiger partial charge in [0.05, 0.1) is 23.9 Å². The molecule has 0 unspecified atom stereocenters. The number of carbonyl (C=O) groups excluding carboxylic acids is 3. The van der Waals surface area contributed by atoms with Crippen molar-refractivity contribution in [1.29, 1.82) is 5.41 Å². The molecular weight excluding hydrogens is 494 g/mol. The van der Waals surface area contributed by atoms with Crippen molar-refractivity contribution in [2.75, 3.05) is 25.1 Å². The second kappa shape index (κ2) is 10.4. The number of hydrogen-bond acceptors (Lipinski definition) is 8. The Morgan fingerprint density at radius 1 is 1.37 bits per heavy atom. The van der Waals surface area contributed by atoms with Crippen LogP contribution >= 0.6 is 23.5 Å². The predicted molar refractivity (Wildman–Crippen MR) is 134 cm³/mol. The number of carboxylic acids is 1. The minimum atomic E-state index is -1.18. The van der Waals surface area contributed by atoms with Crippen LogP contribution in [0.4, 0.5) is 4.79 Å². The van der Waals surface area contributed by atoms with Crippen LogP contribution in [-0.4, -0.2) is 96.7 Å². The summed E-state index contributed by atoms with van der Waals surface area (Å²) in [5.74, 6) is -1.54. The van der Waals surface area contributed by atoms with E-state index in [1.807, 2.05) is 11.8 Å². The van der Waals surface area contributed by atoms with E-state index in [-0.39, 0.29) is 29.9 Å². The van der Waals surface area contributed by atoms with E-state index in [0.29, 0.717) is 35.2 Å². The molecule has 2 fully saturated rings. The van der Waals surface area contributed by atoms with E-state index in [1.54, 1.807) is 13.8 Å². The van der Waals surface area contributed by atoms with Crippen LogP contribution in [0.2, 0.25) is 0 Å². The van der Waals surface area contributed by atoms with Crippen LogP contribution in [0.3, 0.4) is 0 Å². The van der Waals surface area contributed by atoms with Gasteiger partial charge in [-0.1, -0.05) is 18.7 Å². The second-order valence-corrected chi connectivity index (χ2v) is 11.8. The third-order valence-electron chi connectivity index (χ3n) is 6.95. The minimum Gasteiger partial charge on any atom is -0.477 e. The first-order chi connectivity index (χ1) is 16.3. The number of rotatable bonds is 9. The van der Waals surface area contributed by atoms with E-state index >= 15 is 0 Å². The maximum atomic E-state index is 12.7. The molecule has 3 aliphatic rings. The average molecular weight is 528 g/mol. The third kappa shape index (κ3) is 4.90. The topological polar surface area (TPSA) is 168 Å². The van der Waals surface area contributed by atoms with Gasteiger partial charge in [-0.3, -0.25) is 19.9 Å². The number of carboxylic acid groups (broad SMARTS) is 1. The number of nitrogens with two attached hydrogens (primary N) is 1. The van der Waals surface area contributed by atoms with Gasteiger partial charge in [-0.15, -0.1) is 0 Å². The fraction of sp³-hybridized carbons (Fsp3) is 0.682. The molecule has 0 saturated carbocycles. The Labute approximate surface area is 212 Å². The summed E-state index contributed by atoms with van der Waals surface area (Å²) in [6.45, 7) is 5.78. The van der Waals surface area contributed by atoms with Gasteiger partial charge in [0.2, 0.25) is 11.8 Å². The lowest BCUT2D eigenvalue weighted by molar-refractivity contribution is -0.163. The number of amidine groups is 1. The number of urea groups is 1. The molecular formula is C22H33N5O6S2. The monoisotopic (exact) mass is 527 g/mol. The van der Waals surface area contributed by atoms with Crippen molar-refractivity contribution < 1.29 is 29.4 Å². The molecule has 4 amide bonds. The average Bonchev–Trinajstić information content (AvgIpc) is 3.28. The molecule has 0 aliphatic carbocycles. The molecule has 5 atom stereocenters. The molecule has 0 aromatic heterocycles. The highest BCUT2D eigenvalue weighted by Gasteiger charge is 2.61. The van der Waals surface area contributed by atoms with E-state index in [2.05, 4.69) is 0 Å². The molecule has 0 spiro atoms. The van der Waals surface area contributed by atoms with Crippen molar-refractivity contribution in [2.24, 2.45) is 17.6 Å². The Balaban J connectivity index is 1.84. The van der Waals surface area contributed by atoms with Gasteiger partial charge in [-0.2, -0.15) is 11.8 Å². The molecule has 3 heterocycles. The molecule has 3 rings (SSSR count). The maximum absolute atomic E-state index is 12.7. The number of aliphatic hydroxyl groups excluding tert-OH is 1. The van der Waals surface area contributed by atoms with Crippen LogP contribution in [0.5, 0.6) is 0 Å². The number of aliphatic hydroxyl groups is 1. The summed E-state index contributed by atoms with van der Waals surface area (Å²) in [4.78, 5) is 52.4. The smallest absolute Gasteiger partial charge is 0.353 e. The minimum absolute atomic E-state index is 0.0356. The standard InChI is InChI=1S/C22H33N5O6S2/c1-11-16-15(12(2)28)19(30)27(16)17(20(31)32)18(11)35-22(7-5-8-26(22)13(3)23)10-34-9-6-14(29)25(4)21(24)33/h11-12,15-16,23,28H,5-10H2,1-4H3,(H2,24,33)(H,31,32)/t11-,12-,15-,16-,22+/m1/s1. The number of thioether (sulfide) groups is 2. The number of imide groups is 1. The third-order valence-corrected chi connectivity index (χ3v) is 10.0. The van der Waals surface area contributed by atoms with Gasteiger partial charge in [-0.25, -0.2) is 9.59 Å². The lowest BCUT2D eigenvalue weighted by Crippen LogP contribution is -2.63. The SMILES string of the molecule is CC(=N)N1CCC[C@@]1(CSCCC(=O)N(C)C(N)=O)SC1=C(C(=O)O)N2C(=O)[C@H]([C@@H](C)O)[C@H]2[C@H]1C. The summed E-state index contributed by atoms with van der Waals surface area (Å²) in [7, 11) is 1.33. The Hall–Kier alpha value is -2.25. The molecule has 13 heteroatoms. The highest BCUT2D eigenvalue weighted by atomic mass is 32.2. The fourth-order valence-electron chi connectivity index (χ4n) is 5.15. The van der Waals surface area contributed by atoms with Crippen LogP contribution in [0.25, 0.3) is 0 Å². The van der Waals surface area contributed by atoms with Gasteiger partial charge >= 0.3 is 12.0 Å². The second-order valence-electron chi connectivity index (χ2n) is 9.25. The van der Waals surface area contributed by atoms with Crippen LogP contribution in [0.1, 0.15) is 40.0 Å². The molecule has 2 saturated heterocycles. The van der Waals surface area contributed by atoms with Gasteiger partial charge in [0.15, 0.2) is 0 Å². The van der Waals surface area contributed by atoms with E-state index in [4.69, 9.17) is 11.1 Å². The predicted octanol–water partition coefficient (Wildman–Crippen LogP) is 1.32. The largest absolute Gasteiger partial charge is 0.477 e. The summed E-state index contributed by atoms with van der Waals surface area (Å²) in [5, 5.41) is 28.4. The van der Waals surface area contributed by atoms with Gasteiger partial charge in [0.25, 0.3) is 0 Å². The number of fused-ring (bicyclic) bond motifs is 1. The van der Waals surface area contributed by atoms with E-state index in [0.717, 1.165) is 11.3 Å². The van der Waals surface area contributed by atoms with E-state index in [9.17, 15) is 29.4 Å². The highest BCUT2D eigenvalue weighted by molar-refractivity contribution is 8.06. The van der Waals surface area contributed by atoms with Crippen LogP contribution < -0.4 is 5.73 Å². The Morgan fingerprint density at radius 3 is 2.57 bits per heavy atom. The summed E-state index contributed by atoms with van der Waals surface area (Å²) >= 11 is 2.89. The summed E-state index contributed by atoms with van der Waals surface area (Å²) < 4.78 is 0. The molecule has 0 radical (unpaired) electrons. The summed E-state index contributed by atoms with van der Waals surface area (Å²) in [5.41, 5.74) is 5.11. The van der Waals surface area contributed by atoms with Gasteiger partial charge < -0.3 is 25.7 Å². The first-order valence-electron chi connectivity index (χ1n) is 11.5. The van der Waals surface area contributed by atoms with Crippen molar-refractivity contribution in [3.05, 3.63) is 10.6 Å². The molecule has 0 aromatic carbocycles. The molecule has 3 aliphatic heterocycles. The van der Waals surface area contributed by atoms with Crippen molar-refractivity contribution >= 4 is 53.2 Å². The van der Waals surface area contributed by atoms with E-state index < -0.39 is 34.9 Å². The number of primary amides is 1. The van der Waals surface area contributed by atoms with Gasteiger partial charge in [0.1, 0.15) is 10.6 Å². The zero-order chi connectivity index (χ0) is 26.2. The molecule has 11 nitrogen and oxygen atoms in total.